The number of hydrogen-bond acceptors (Lipinski definition) is 4. The third-order valence-corrected chi connectivity index (χ3v) is 3.85. The maximum Gasteiger partial charge on any atom is 0.189 e. The molecule has 0 spiro atoms. The van der Waals surface area contributed by atoms with Crippen LogP contribution >= 0.6 is 24.0 Å². The zero-order valence-corrected chi connectivity index (χ0v) is 16.9. The summed E-state index contributed by atoms with van der Waals surface area (Å²) in [5.41, 5.74) is 8.46. The van der Waals surface area contributed by atoms with E-state index in [1.807, 2.05) is 13.0 Å². The summed E-state index contributed by atoms with van der Waals surface area (Å²) in [6.07, 6.45) is 0. The molecule has 0 saturated carbocycles. The smallest absolute Gasteiger partial charge is 0.189 e. The Labute approximate surface area is 161 Å². The number of morpholine rings is 1. The zero-order chi connectivity index (χ0) is 16.5. The van der Waals surface area contributed by atoms with Crippen LogP contribution in [0.2, 0.25) is 0 Å². The molecular weight excluding hydrogens is 419 g/mol. The minimum atomic E-state index is 0. The van der Waals surface area contributed by atoms with Gasteiger partial charge in [-0.25, -0.2) is 4.99 Å². The summed E-state index contributed by atoms with van der Waals surface area (Å²) in [5.74, 6) is 0.454. The lowest BCUT2D eigenvalue weighted by molar-refractivity contribution is 0.0341. The predicted molar refractivity (Wildman–Crippen MR) is 108 cm³/mol. The second-order valence-electron chi connectivity index (χ2n) is 5.86. The summed E-state index contributed by atoms with van der Waals surface area (Å²) < 4.78 is 10.5. The average molecular weight is 448 g/mol. The van der Waals surface area contributed by atoms with Gasteiger partial charge in [-0.1, -0.05) is 24.3 Å². The number of halogens is 1. The van der Waals surface area contributed by atoms with E-state index < -0.39 is 0 Å². The molecular formula is C17H29IN4O2. The molecule has 2 rings (SSSR count). The Morgan fingerprint density at radius 3 is 2.67 bits per heavy atom. The van der Waals surface area contributed by atoms with Crippen LogP contribution in [0.3, 0.4) is 0 Å². The first kappa shape index (κ1) is 21.1. The number of guanidine groups is 1. The van der Waals surface area contributed by atoms with E-state index >= 15 is 0 Å². The van der Waals surface area contributed by atoms with Crippen LogP contribution in [0, 0.1) is 0 Å². The van der Waals surface area contributed by atoms with E-state index in [1.54, 1.807) is 7.11 Å². The highest BCUT2D eigenvalue weighted by atomic mass is 127. The Bertz CT molecular complexity index is 507. The highest BCUT2D eigenvalue weighted by molar-refractivity contribution is 14.0. The first-order valence-corrected chi connectivity index (χ1v) is 8.11. The molecule has 1 aromatic carbocycles. The minimum Gasteiger partial charge on any atom is -0.383 e. The van der Waals surface area contributed by atoms with Crippen LogP contribution in [0.15, 0.2) is 29.3 Å². The van der Waals surface area contributed by atoms with Gasteiger partial charge in [0.1, 0.15) is 0 Å². The Morgan fingerprint density at radius 2 is 2.00 bits per heavy atom. The number of nitrogens with two attached hydrogens (primary N) is 1. The van der Waals surface area contributed by atoms with Crippen LogP contribution in [0.4, 0.5) is 0 Å². The Kier molecular flexibility index (Phi) is 10.2. The third-order valence-electron chi connectivity index (χ3n) is 3.85. The fourth-order valence-electron chi connectivity index (χ4n) is 2.63. The van der Waals surface area contributed by atoms with Crippen LogP contribution in [-0.4, -0.2) is 56.9 Å². The minimum absolute atomic E-state index is 0. The fraction of sp³-hybridized carbons (Fsp3) is 0.588. The fourth-order valence-corrected chi connectivity index (χ4v) is 2.63. The molecule has 0 aromatic heterocycles. The zero-order valence-electron chi connectivity index (χ0n) is 14.5. The molecule has 1 aliphatic heterocycles. The van der Waals surface area contributed by atoms with Crippen molar-refractivity contribution < 1.29 is 9.47 Å². The lowest BCUT2D eigenvalue weighted by atomic mass is 10.1. The van der Waals surface area contributed by atoms with Gasteiger partial charge in [0, 0.05) is 32.8 Å². The van der Waals surface area contributed by atoms with Crippen LogP contribution in [-0.2, 0) is 22.6 Å². The van der Waals surface area contributed by atoms with E-state index in [-0.39, 0.29) is 30.0 Å². The number of aliphatic imine (C=N–C) groups is 1. The molecule has 3 N–H and O–H groups in total. The van der Waals surface area contributed by atoms with Gasteiger partial charge >= 0.3 is 0 Å². The van der Waals surface area contributed by atoms with Gasteiger partial charge in [-0.15, -0.1) is 24.0 Å². The molecule has 1 fully saturated rings. The van der Waals surface area contributed by atoms with Gasteiger partial charge < -0.3 is 20.5 Å². The molecule has 24 heavy (non-hydrogen) atoms. The lowest BCUT2D eigenvalue weighted by Crippen LogP contribution is -2.40. The number of nitrogens with one attached hydrogen (secondary N) is 1. The van der Waals surface area contributed by atoms with E-state index in [4.69, 9.17) is 15.2 Å². The summed E-state index contributed by atoms with van der Waals surface area (Å²) in [6.45, 7) is 7.72. The lowest BCUT2D eigenvalue weighted by Gasteiger charge is -2.27. The molecule has 0 radical (unpaired) electrons. The van der Waals surface area contributed by atoms with Gasteiger partial charge in [-0.3, -0.25) is 4.90 Å². The van der Waals surface area contributed by atoms with Crippen molar-refractivity contribution >= 4 is 29.9 Å². The van der Waals surface area contributed by atoms with Crippen molar-refractivity contribution in [3.8, 4) is 0 Å². The highest BCUT2D eigenvalue weighted by Gasteiger charge is 2.12. The van der Waals surface area contributed by atoms with E-state index in [9.17, 15) is 0 Å². The number of ether oxygens (including phenoxy) is 2. The molecule has 1 heterocycles. The van der Waals surface area contributed by atoms with Gasteiger partial charge in [0.15, 0.2) is 5.96 Å². The molecule has 136 valence electrons. The number of hydrogen-bond donors (Lipinski definition) is 2. The summed E-state index contributed by atoms with van der Waals surface area (Å²) in [4.78, 5) is 6.87. The normalized spacial score (nSPS) is 17.2. The summed E-state index contributed by atoms with van der Waals surface area (Å²) in [5, 5.41) is 3.13. The SMILES string of the molecule is COCC(C)NC(N)=NCc1ccccc1CN1CCOCC1.I. The van der Waals surface area contributed by atoms with Gasteiger partial charge in [-0.05, 0) is 18.1 Å². The largest absolute Gasteiger partial charge is 0.383 e. The van der Waals surface area contributed by atoms with Crippen molar-refractivity contribution in [3.63, 3.8) is 0 Å². The summed E-state index contributed by atoms with van der Waals surface area (Å²) in [6, 6.07) is 8.55. The topological polar surface area (TPSA) is 72.1 Å². The van der Waals surface area contributed by atoms with Crippen LogP contribution in [0.25, 0.3) is 0 Å². The van der Waals surface area contributed by atoms with Gasteiger partial charge in [0.25, 0.3) is 0 Å². The quantitative estimate of drug-likeness (QED) is 0.377. The Hall–Kier alpha value is -0.900. The van der Waals surface area contributed by atoms with E-state index in [0.29, 0.717) is 19.1 Å². The summed E-state index contributed by atoms with van der Waals surface area (Å²) >= 11 is 0. The van der Waals surface area contributed by atoms with Crippen molar-refractivity contribution in [2.24, 2.45) is 10.7 Å². The van der Waals surface area contributed by atoms with Crippen LogP contribution < -0.4 is 11.1 Å². The second kappa shape index (κ2) is 11.6. The number of rotatable bonds is 7. The van der Waals surface area contributed by atoms with Crippen molar-refractivity contribution in [2.45, 2.75) is 26.1 Å². The molecule has 7 heteroatoms. The van der Waals surface area contributed by atoms with Crippen molar-refractivity contribution in [1.29, 1.82) is 0 Å². The Balaban J connectivity index is 0.00000288. The van der Waals surface area contributed by atoms with Crippen molar-refractivity contribution in [3.05, 3.63) is 35.4 Å². The number of methoxy groups -OCH3 is 1. The standard InChI is InChI=1S/C17H28N4O2.HI/c1-14(13-22-2)20-17(18)19-11-15-5-3-4-6-16(15)12-21-7-9-23-10-8-21;/h3-6,14H,7-13H2,1-2H3,(H3,18,19,20);1H. The molecule has 0 bridgehead atoms. The maximum atomic E-state index is 5.94. The van der Waals surface area contributed by atoms with Gasteiger partial charge in [-0.2, -0.15) is 0 Å². The van der Waals surface area contributed by atoms with E-state index in [1.165, 1.54) is 11.1 Å². The summed E-state index contributed by atoms with van der Waals surface area (Å²) in [7, 11) is 1.67. The van der Waals surface area contributed by atoms with E-state index in [0.717, 1.165) is 32.8 Å². The van der Waals surface area contributed by atoms with Crippen LogP contribution in [0.5, 0.6) is 0 Å². The molecule has 1 atom stereocenters. The Morgan fingerprint density at radius 1 is 1.33 bits per heavy atom. The maximum absolute atomic E-state index is 5.94. The highest BCUT2D eigenvalue weighted by Crippen LogP contribution is 2.14. The molecule has 1 aliphatic rings. The van der Waals surface area contributed by atoms with E-state index in [2.05, 4.69) is 33.4 Å². The molecule has 1 aromatic rings. The molecule has 0 amide bonds. The number of nitrogens with zero attached hydrogens (tertiary/aromatic N) is 2. The van der Waals surface area contributed by atoms with Crippen molar-refractivity contribution in [1.82, 2.24) is 10.2 Å². The number of benzene rings is 1. The predicted octanol–water partition coefficient (Wildman–Crippen LogP) is 1.58. The molecule has 1 saturated heterocycles. The molecule has 6 nitrogen and oxygen atoms in total. The molecule has 1 unspecified atom stereocenters. The van der Waals surface area contributed by atoms with Gasteiger partial charge in [0.2, 0.25) is 0 Å². The first-order chi connectivity index (χ1) is 11.2. The first-order valence-electron chi connectivity index (χ1n) is 8.11. The van der Waals surface area contributed by atoms with Crippen molar-refractivity contribution in [2.75, 3.05) is 40.0 Å². The molecule has 0 aliphatic carbocycles. The average Bonchev–Trinajstić information content (AvgIpc) is 2.55. The monoisotopic (exact) mass is 448 g/mol. The van der Waals surface area contributed by atoms with Crippen LogP contribution in [0.1, 0.15) is 18.1 Å². The van der Waals surface area contributed by atoms with Gasteiger partial charge in [0.05, 0.1) is 26.4 Å². The third kappa shape index (κ3) is 7.33. The second-order valence-corrected chi connectivity index (χ2v) is 5.86.